The molecule has 9 heteroatoms. The molecule has 0 spiro atoms. The molecule has 0 amide bonds. The van der Waals surface area contributed by atoms with Crippen molar-refractivity contribution < 1.29 is 17.8 Å². The predicted octanol–water partition coefficient (Wildman–Crippen LogP) is 1.98. The third kappa shape index (κ3) is 2.93. The van der Waals surface area contributed by atoms with E-state index < -0.39 is 20.5 Å². The Morgan fingerprint density at radius 2 is 1.83 bits per heavy atom. The summed E-state index contributed by atoms with van der Waals surface area (Å²) in [5.41, 5.74) is 0.153. The number of nitro benzene ring substituents is 1. The van der Waals surface area contributed by atoms with Crippen LogP contribution in [0.25, 0.3) is 11.1 Å². The van der Waals surface area contributed by atoms with Gasteiger partial charge in [-0.05, 0) is 18.2 Å². The maximum Gasteiger partial charge on any atom is 0.419 e. The van der Waals surface area contributed by atoms with Gasteiger partial charge in [0, 0.05) is 12.6 Å². The molecule has 3 rings (SSSR count). The van der Waals surface area contributed by atoms with Crippen molar-refractivity contribution in [3.8, 4) is 0 Å². The second-order valence-electron chi connectivity index (χ2n) is 5.06. The number of nitrogens with zero attached hydrogens (tertiary/aromatic N) is 2. The van der Waals surface area contributed by atoms with E-state index in [1.54, 1.807) is 18.2 Å². The molecule has 0 bridgehead atoms. The number of aromatic nitrogens is 1. The first-order valence-corrected chi connectivity index (χ1v) is 8.59. The van der Waals surface area contributed by atoms with Crippen LogP contribution in [-0.2, 0) is 16.4 Å². The van der Waals surface area contributed by atoms with Gasteiger partial charge in [-0.2, -0.15) is 0 Å². The minimum absolute atomic E-state index is 0.0475. The third-order valence-electron chi connectivity index (χ3n) is 3.55. The van der Waals surface area contributed by atoms with Crippen LogP contribution in [0.3, 0.4) is 0 Å². The van der Waals surface area contributed by atoms with Gasteiger partial charge in [0.1, 0.15) is 0 Å². The number of hydrogen-bond donors (Lipinski definition) is 0. The van der Waals surface area contributed by atoms with Gasteiger partial charge in [0.15, 0.2) is 15.4 Å². The first-order valence-electron chi connectivity index (χ1n) is 6.94. The van der Waals surface area contributed by atoms with E-state index >= 15 is 0 Å². The summed E-state index contributed by atoms with van der Waals surface area (Å²) in [4.78, 5) is 22.2. The summed E-state index contributed by atoms with van der Waals surface area (Å²) in [6, 6.07) is 11.6. The van der Waals surface area contributed by atoms with Crippen LogP contribution in [0, 0.1) is 10.1 Å². The van der Waals surface area contributed by atoms with Crippen LogP contribution in [0.1, 0.15) is 0 Å². The van der Waals surface area contributed by atoms with E-state index in [1.807, 2.05) is 0 Å². The zero-order chi connectivity index (χ0) is 17.3. The van der Waals surface area contributed by atoms with Crippen molar-refractivity contribution >= 4 is 26.6 Å². The largest absolute Gasteiger partial charge is 0.419 e. The Labute approximate surface area is 136 Å². The van der Waals surface area contributed by atoms with Crippen LogP contribution in [0.5, 0.6) is 0 Å². The van der Waals surface area contributed by atoms with Crippen molar-refractivity contribution in [2.24, 2.45) is 0 Å². The number of nitro groups is 1. The summed E-state index contributed by atoms with van der Waals surface area (Å²) in [6.07, 6.45) is 0. The Morgan fingerprint density at radius 3 is 2.50 bits per heavy atom. The lowest BCUT2D eigenvalue weighted by molar-refractivity contribution is -0.384. The number of sulfone groups is 1. The predicted molar refractivity (Wildman–Crippen MR) is 85.6 cm³/mol. The van der Waals surface area contributed by atoms with Gasteiger partial charge in [0.2, 0.25) is 0 Å². The zero-order valence-electron chi connectivity index (χ0n) is 12.3. The van der Waals surface area contributed by atoms with Crippen molar-refractivity contribution in [1.29, 1.82) is 0 Å². The van der Waals surface area contributed by atoms with Crippen LogP contribution < -0.4 is 5.76 Å². The summed E-state index contributed by atoms with van der Waals surface area (Å²) in [5.74, 6) is -1.04. The summed E-state index contributed by atoms with van der Waals surface area (Å²) < 4.78 is 30.7. The first kappa shape index (κ1) is 15.9. The summed E-state index contributed by atoms with van der Waals surface area (Å²) in [6.45, 7) is -0.110. The Hall–Kier alpha value is -2.94. The zero-order valence-corrected chi connectivity index (χ0v) is 13.1. The monoisotopic (exact) mass is 348 g/mol. The summed E-state index contributed by atoms with van der Waals surface area (Å²) in [5, 5.41) is 10.8. The minimum Gasteiger partial charge on any atom is -0.407 e. The number of non-ortho nitro benzene ring substituents is 1. The number of oxazole rings is 1. The molecule has 0 radical (unpaired) electrons. The molecule has 2 aromatic carbocycles. The lowest BCUT2D eigenvalue weighted by atomic mass is 10.3. The second kappa shape index (κ2) is 5.93. The van der Waals surface area contributed by atoms with Crippen LogP contribution in [0.15, 0.2) is 62.6 Å². The Kier molecular flexibility index (Phi) is 3.94. The maximum absolute atomic E-state index is 12.3. The fourth-order valence-corrected chi connectivity index (χ4v) is 3.57. The highest BCUT2D eigenvalue weighted by molar-refractivity contribution is 7.91. The molecule has 8 nitrogen and oxygen atoms in total. The van der Waals surface area contributed by atoms with E-state index in [2.05, 4.69) is 0 Å². The lowest BCUT2D eigenvalue weighted by Gasteiger charge is -2.05. The Morgan fingerprint density at radius 1 is 1.12 bits per heavy atom. The highest BCUT2D eigenvalue weighted by Gasteiger charge is 2.18. The molecule has 24 heavy (non-hydrogen) atoms. The van der Waals surface area contributed by atoms with E-state index in [9.17, 15) is 23.3 Å². The molecule has 0 aliphatic heterocycles. The van der Waals surface area contributed by atoms with Crippen LogP contribution in [0.4, 0.5) is 5.69 Å². The first-order chi connectivity index (χ1) is 11.4. The van der Waals surface area contributed by atoms with E-state index in [-0.39, 0.29) is 28.5 Å². The molecule has 0 saturated carbocycles. The average Bonchev–Trinajstić information content (AvgIpc) is 2.88. The van der Waals surface area contributed by atoms with Crippen molar-refractivity contribution in [3.05, 3.63) is 69.2 Å². The number of benzene rings is 2. The maximum atomic E-state index is 12.3. The lowest BCUT2D eigenvalue weighted by Crippen LogP contribution is -2.20. The SMILES string of the molecule is O=c1oc2cc([N+](=O)[O-])ccc2n1CCS(=O)(=O)c1ccccc1. The fraction of sp³-hybridized carbons (Fsp3) is 0.133. The number of rotatable bonds is 5. The summed E-state index contributed by atoms with van der Waals surface area (Å²) >= 11 is 0. The van der Waals surface area contributed by atoms with Gasteiger partial charge >= 0.3 is 5.76 Å². The van der Waals surface area contributed by atoms with Gasteiger partial charge in [-0.3, -0.25) is 14.7 Å². The summed E-state index contributed by atoms with van der Waals surface area (Å²) in [7, 11) is -3.55. The van der Waals surface area contributed by atoms with E-state index in [0.29, 0.717) is 5.52 Å². The molecule has 1 heterocycles. The minimum atomic E-state index is -3.55. The van der Waals surface area contributed by atoms with Gasteiger partial charge in [0.25, 0.3) is 5.69 Å². The van der Waals surface area contributed by atoms with E-state index in [4.69, 9.17) is 4.42 Å². The van der Waals surface area contributed by atoms with Crippen molar-refractivity contribution in [2.45, 2.75) is 11.4 Å². The van der Waals surface area contributed by atoms with Gasteiger partial charge < -0.3 is 4.42 Å². The standard InChI is InChI=1S/C15H12N2O6S/c18-15-16(8-9-24(21,22)12-4-2-1-3-5-12)13-7-6-11(17(19)20)10-14(13)23-15/h1-7,10H,8-9H2. The van der Waals surface area contributed by atoms with Crippen LogP contribution >= 0.6 is 0 Å². The smallest absolute Gasteiger partial charge is 0.407 e. The van der Waals surface area contributed by atoms with Crippen LogP contribution in [-0.4, -0.2) is 23.7 Å². The van der Waals surface area contributed by atoms with Gasteiger partial charge in [-0.1, -0.05) is 18.2 Å². The highest BCUT2D eigenvalue weighted by Crippen LogP contribution is 2.20. The normalized spacial score (nSPS) is 11.7. The Balaban J connectivity index is 1.92. The molecular weight excluding hydrogens is 336 g/mol. The number of fused-ring (bicyclic) bond motifs is 1. The van der Waals surface area contributed by atoms with Gasteiger partial charge in [0.05, 0.1) is 27.2 Å². The molecule has 3 aromatic rings. The number of hydrogen-bond acceptors (Lipinski definition) is 6. The molecule has 0 atom stereocenters. The van der Waals surface area contributed by atoms with Crippen molar-refractivity contribution in [3.63, 3.8) is 0 Å². The molecule has 0 unspecified atom stereocenters. The topological polar surface area (TPSA) is 112 Å². The molecule has 0 N–H and O–H groups in total. The van der Waals surface area contributed by atoms with Gasteiger partial charge in [-0.15, -0.1) is 0 Å². The fourth-order valence-electron chi connectivity index (χ4n) is 2.34. The average molecular weight is 348 g/mol. The molecule has 0 aliphatic carbocycles. The van der Waals surface area contributed by atoms with Crippen LogP contribution in [0.2, 0.25) is 0 Å². The molecule has 0 fully saturated rings. The third-order valence-corrected chi connectivity index (χ3v) is 5.26. The second-order valence-corrected chi connectivity index (χ2v) is 7.17. The van der Waals surface area contributed by atoms with Gasteiger partial charge in [-0.25, -0.2) is 13.2 Å². The van der Waals surface area contributed by atoms with Crippen molar-refractivity contribution in [1.82, 2.24) is 4.57 Å². The van der Waals surface area contributed by atoms with E-state index in [0.717, 1.165) is 10.6 Å². The molecule has 124 valence electrons. The highest BCUT2D eigenvalue weighted by atomic mass is 32.2. The molecule has 0 saturated heterocycles. The molecule has 1 aromatic heterocycles. The quantitative estimate of drug-likeness (QED) is 0.515. The molecular formula is C15H12N2O6S. The van der Waals surface area contributed by atoms with Crippen molar-refractivity contribution in [2.75, 3.05) is 5.75 Å². The molecule has 0 aliphatic rings. The Bertz CT molecular complexity index is 1070. The van der Waals surface area contributed by atoms with E-state index in [1.165, 1.54) is 24.3 Å². The number of aryl methyl sites for hydroxylation is 1.